The van der Waals surface area contributed by atoms with Crippen LogP contribution in [0.5, 0.6) is 0 Å². The molecule has 7 unspecified atom stereocenters. The monoisotopic (exact) mass is 1970 g/mol. The molecule has 12 heterocycles. The number of carbonyl (C=O) groups excluding carboxylic acids is 1. The number of aliphatic hydroxyl groups is 3. The molecule has 4 fully saturated rings. The molecule has 7 atom stereocenters. The van der Waals surface area contributed by atoms with Crippen molar-refractivity contribution in [2.75, 3.05) is 21.3 Å². The number of aliphatic hydroxyl groups excluding tert-OH is 1. The zero-order valence-corrected chi connectivity index (χ0v) is 75.2. The Morgan fingerprint density at radius 2 is 0.769 bits per heavy atom. The van der Waals surface area contributed by atoms with Crippen LogP contribution in [0.3, 0.4) is 0 Å². The number of fused-ring (bicyclic) bond motifs is 4. The van der Waals surface area contributed by atoms with Gasteiger partial charge in [0.25, 0.3) is 30.1 Å². The van der Waals surface area contributed by atoms with Crippen LogP contribution in [0.15, 0.2) is 198 Å². The number of H-pyrrole nitrogens is 1. The lowest BCUT2D eigenvalue weighted by atomic mass is 9.83. The number of aromatic nitrogens is 16. The van der Waals surface area contributed by atoms with Gasteiger partial charge in [0.1, 0.15) is 11.4 Å². The van der Waals surface area contributed by atoms with Crippen molar-refractivity contribution in [2.24, 2.45) is 0 Å². The summed E-state index contributed by atoms with van der Waals surface area (Å²) in [4.78, 5) is 65.9. The Balaban J connectivity index is 0.000000160. The number of Topliss-reactive ketones (excluding diaryl/α,β-unsaturated/α-hetero) is 1. The second-order valence-corrected chi connectivity index (χ2v) is 40.1. The molecule has 0 aliphatic heterocycles. The summed E-state index contributed by atoms with van der Waals surface area (Å²) >= 11 is 24.5. The average molecular weight is 1970 g/mol. The molecular formula is C93H100Cl4F4N20O10S3. The summed E-state index contributed by atoms with van der Waals surface area (Å²) in [7, 11) is -12.0. The maximum atomic E-state index is 14.6. The van der Waals surface area contributed by atoms with Gasteiger partial charge in [-0.15, -0.1) is 0 Å². The number of nitrogens with one attached hydrogen (secondary N) is 5. The number of rotatable bonds is 18. The molecule has 4 aliphatic carbocycles. The Kier molecular flexibility index (Phi) is 31.7. The molecular weight excluding hydrogens is 1870 g/mol. The minimum Gasteiger partial charge on any atom is -0.393 e. The summed E-state index contributed by atoms with van der Waals surface area (Å²) in [5.74, 6) is -1.56. The molecule has 12 aromatic heterocycles. The number of anilines is 4. The first kappa shape index (κ1) is 101. The van der Waals surface area contributed by atoms with Gasteiger partial charge >= 0.3 is 0 Å². The van der Waals surface area contributed by atoms with E-state index in [1.165, 1.54) is 73.6 Å². The van der Waals surface area contributed by atoms with E-state index < -0.39 is 70.6 Å². The van der Waals surface area contributed by atoms with E-state index in [2.05, 4.69) is 86.1 Å². The van der Waals surface area contributed by atoms with Gasteiger partial charge in [-0.3, -0.25) is 4.79 Å². The lowest BCUT2D eigenvalue weighted by Gasteiger charge is -2.34. The van der Waals surface area contributed by atoms with Gasteiger partial charge in [-0.1, -0.05) is 130 Å². The van der Waals surface area contributed by atoms with Crippen LogP contribution < -0.4 is 21.3 Å². The molecule has 134 heavy (non-hydrogen) atoms. The van der Waals surface area contributed by atoms with Gasteiger partial charge in [-0.2, -0.15) is 0 Å². The van der Waals surface area contributed by atoms with E-state index in [9.17, 15) is 62.9 Å². The van der Waals surface area contributed by atoms with E-state index in [1.54, 1.807) is 92.1 Å². The van der Waals surface area contributed by atoms with Crippen LogP contribution in [0.4, 0.5) is 40.8 Å². The SMILES string of the molecule is C.C.C.C.CC1(O)CCCC(Nc2nc(-c3c[nH]c4ncc(Cl)cc34)ncc2F)C1.CC1(O)CCCC(Nc2nc(-c3cn(S(=O)(=O)c4ccccc4)c4ncc(Cl)cc34)ncc2F)C1.Cc1ccc(S(=O)(=O)n2cc(-c3ncc(F)c(NC4CCCC(O)C4)n3)c3cc(Cl)cnc32)cc1.O=C1CCCC(Nc2nc(-c3cn(S(=O)(=O)c4ccccc4)c4ncc(Cl)cc34)ncc2F)C1. The maximum absolute atomic E-state index is 14.6. The zero-order chi connectivity index (χ0) is 91.7. The molecule has 0 bridgehead atoms. The fourth-order valence-electron chi connectivity index (χ4n) is 16.4. The number of hydrogen-bond acceptors (Lipinski definition) is 26. The van der Waals surface area contributed by atoms with Gasteiger partial charge in [-0.25, -0.2) is 115 Å². The van der Waals surface area contributed by atoms with Crippen molar-refractivity contribution in [2.45, 2.75) is 209 Å². The average Bonchev–Trinajstić information content (AvgIpc) is 1.60. The van der Waals surface area contributed by atoms with Crippen molar-refractivity contribution in [3.63, 3.8) is 0 Å². The highest BCUT2D eigenvalue weighted by Gasteiger charge is 2.35. The van der Waals surface area contributed by atoms with E-state index in [0.717, 1.165) is 112 Å². The van der Waals surface area contributed by atoms with Crippen molar-refractivity contribution in [1.82, 2.24) is 76.7 Å². The fourth-order valence-corrected chi connectivity index (χ4v) is 21.1. The van der Waals surface area contributed by atoms with E-state index in [4.69, 9.17) is 46.4 Å². The summed E-state index contributed by atoms with van der Waals surface area (Å²) < 4.78 is 141. The standard InChI is InChI=1S/2C24H23ClFN5O3S.C23H19ClFN5O3S.C18H19ClFN5O.4CH4/c1-14-5-7-18(8-6-14)35(33,34)31-13-20(19-9-15(25)11-28-24(19)31)22-27-12-21(26)23(30-22)29-16-3-2-4-17(32)10-16;1-24(32)9-5-6-16(11-24)29-22-20(26)13-27-21(30-22)19-14-31(23-18(19)10-15(25)12-28-23)35(33,34)17-7-3-2-4-8-17;24-14-9-18-19(13-30(23(18)27-11-14)34(32,33)17-7-2-1-3-8-17)21-26-12-20(25)22(29-21)28-15-5-4-6-16(31)10-15;1-18(26)4-2-3-11(6-18)24-17-14(20)9-23-16(25-17)13-8-22-15-12(13)5-10(19)7-21-15;;;;/h5-9,11-13,16-17,32H,2-4,10H2,1H3,(H,27,29,30);2-4,7-8,10,12-14,16,32H,5-6,9,11H2,1H3,(H,27,29,30);1-3,7-9,11-13,15H,4-6,10H2,(H,26,28,29);5,7-9,11,26H,2-4,6H2,1H3,(H,21,22)(H,23,24,25);4*1H4. The topological polar surface area (TPSA) is 414 Å². The van der Waals surface area contributed by atoms with Gasteiger partial charge in [0, 0.05) is 130 Å². The van der Waals surface area contributed by atoms with E-state index in [0.29, 0.717) is 108 Å². The molecule has 0 saturated heterocycles. The second-order valence-electron chi connectivity index (χ2n) is 32.9. The van der Waals surface area contributed by atoms with Gasteiger partial charge < -0.3 is 41.6 Å². The Morgan fingerprint density at radius 1 is 0.425 bits per heavy atom. The molecule has 30 nitrogen and oxygen atoms in total. The Bertz CT molecular complexity index is 7160. The number of aromatic amines is 1. The summed E-state index contributed by atoms with van der Waals surface area (Å²) in [6.07, 6.45) is 26.2. The summed E-state index contributed by atoms with van der Waals surface area (Å²) in [5, 5.41) is 46.3. The lowest BCUT2D eigenvalue weighted by molar-refractivity contribution is -0.120. The van der Waals surface area contributed by atoms with Crippen molar-refractivity contribution >= 4 is 150 Å². The van der Waals surface area contributed by atoms with Crippen LogP contribution in [0.1, 0.15) is 152 Å². The number of halogens is 8. The molecule has 19 rings (SSSR count). The van der Waals surface area contributed by atoms with E-state index in [1.807, 2.05) is 13.8 Å². The largest absolute Gasteiger partial charge is 0.393 e. The number of pyridine rings is 4. The lowest BCUT2D eigenvalue weighted by Crippen LogP contribution is -2.38. The van der Waals surface area contributed by atoms with Gasteiger partial charge in [-0.05, 0) is 171 Å². The van der Waals surface area contributed by atoms with Gasteiger partial charge in [0.2, 0.25) is 0 Å². The molecule has 0 amide bonds. The third-order valence-corrected chi connectivity index (χ3v) is 28.6. The minimum atomic E-state index is -3.99. The maximum Gasteiger partial charge on any atom is 0.269 e. The van der Waals surface area contributed by atoms with Gasteiger partial charge in [0.05, 0.1) is 76.9 Å². The van der Waals surface area contributed by atoms with Crippen LogP contribution in [0.25, 0.3) is 89.7 Å². The fraction of sp³-hybridized carbons (Fsp3) is 0.323. The summed E-state index contributed by atoms with van der Waals surface area (Å²) in [5.41, 5.74) is 2.19. The molecule has 8 N–H and O–H groups in total. The third-order valence-electron chi connectivity index (χ3n) is 22.8. The molecule has 706 valence electrons. The number of ketones is 1. The molecule has 0 radical (unpaired) electrons. The van der Waals surface area contributed by atoms with Crippen molar-refractivity contribution in [3.8, 4) is 45.6 Å². The number of carbonyl (C=O) groups is 1. The predicted octanol–water partition coefficient (Wildman–Crippen LogP) is 20.1. The summed E-state index contributed by atoms with van der Waals surface area (Å²) in [6, 6.07) is 28.3. The normalized spacial score (nSPS) is 19.0. The third kappa shape index (κ3) is 22.6. The molecule has 41 heteroatoms. The molecule has 4 aliphatic rings. The van der Waals surface area contributed by atoms with Crippen LogP contribution in [0.2, 0.25) is 20.1 Å². The first-order chi connectivity index (χ1) is 62.1. The smallest absolute Gasteiger partial charge is 0.269 e. The van der Waals surface area contributed by atoms with Crippen molar-refractivity contribution in [3.05, 3.63) is 232 Å². The number of benzene rings is 3. The number of nitrogens with zero attached hydrogens (tertiary/aromatic N) is 15. The highest BCUT2D eigenvalue weighted by Crippen LogP contribution is 2.40. The Labute approximate surface area is 792 Å². The van der Waals surface area contributed by atoms with Gasteiger partial charge in [0.15, 0.2) is 86.8 Å². The first-order valence-corrected chi connectivity index (χ1v) is 47.3. The number of hydrogen-bond donors (Lipinski definition) is 8. The Morgan fingerprint density at radius 3 is 1.15 bits per heavy atom. The van der Waals surface area contributed by atoms with E-state index in [-0.39, 0.29) is 132 Å². The number of aryl methyl sites for hydroxylation is 1. The van der Waals surface area contributed by atoms with Crippen LogP contribution in [-0.2, 0) is 34.9 Å². The van der Waals surface area contributed by atoms with Crippen LogP contribution in [-0.4, -0.2) is 165 Å². The van der Waals surface area contributed by atoms with Crippen LogP contribution >= 0.6 is 46.4 Å². The minimum absolute atomic E-state index is 0. The highest BCUT2D eigenvalue weighted by molar-refractivity contribution is 7.90. The molecule has 3 aromatic carbocycles. The quantitative estimate of drug-likeness (QED) is 0.0370. The highest BCUT2D eigenvalue weighted by atomic mass is 35.5. The first-order valence-electron chi connectivity index (χ1n) is 41.5. The second kappa shape index (κ2) is 42.0. The molecule has 4 saturated carbocycles. The van der Waals surface area contributed by atoms with Crippen molar-refractivity contribution in [1.29, 1.82) is 0 Å². The van der Waals surface area contributed by atoms with Crippen molar-refractivity contribution < 1.29 is 62.9 Å². The summed E-state index contributed by atoms with van der Waals surface area (Å²) in [6.45, 7) is 5.45. The molecule has 15 aromatic rings. The Hall–Kier alpha value is -11.8. The zero-order valence-electron chi connectivity index (χ0n) is 69.7. The predicted molar refractivity (Wildman–Crippen MR) is 514 cm³/mol. The molecule has 0 spiro atoms. The van der Waals surface area contributed by atoms with Crippen LogP contribution in [0, 0.1) is 30.2 Å². The van der Waals surface area contributed by atoms with E-state index >= 15 is 0 Å².